The fraction of sp³-hybridized carbons (Fsp3) is 0.571. The molecule has 0 saturated heterocycles. The van der Waals surface area contributed by atoms with E-state index >= 15 is 0 Å². The van der Waals surface area contributed by atoms with Crippen molar-refractivity contribution in [2.24, 2.45) is 5.92 Å². The second-order valence-corrected chi connectivity index (χ2v) is 4.79. The summed E-state index contributed by atoms with van der Waals surface area (Å²) < 4.78 is 5.53. The van der Waals surface area contributed by atoms with Crippen LogP contribution in [0.5, 0.6) is 0 Å². The van der Waals surface area contributed by atoms with E-state index in [1.54, 1.807) is 0 Å². The first-order valence-corrected chi connectivity index (χ1v) is 6.27. The van der Waals surface area contributed by atoms with Crippen LogP contribution in [-0.4, -0.2) is 19.8 Å². The number of rotatable bonds is 7. The predicted octanol–water partition coefficient (Wildman–Crippen LogP) is 3.05. The molecule has 0 heterocycles. The van der Waals surface area contributed by atoms with Gasteiger partial charge in [-0.2, -0.15) is 0 Å². The molecule has 96 valence electrons. The highest BCUT2D eigenvalue weighted by atomic mass is 16.5. The van der Waals surface area contributed by atoms with Gasteiger partial charge in [0, 0.05) is 24.5 Å². The maximum absolute atomic E-state index is 5.76. The monoisotopic (exact) mass is 236 g/mol. The predicted molar refractivity (Wildman–Crippen MR) is 74.4 cm³/mol. The lowest BCUT2D eigenvalue weighted by Gasteiger charge is -2.09. The van der Waals surface area contributed by atoms with Gasteiger partial charge in [0.15, 0.2) is 0 Å². The molecule has 0 spiro atoms. The first-order chi connectivity index (χ1) is 8.09. The molecule has 0 fully saturated rings. The molecule has 0 aliphatic heterocycles. The zero-order valence-electron chi connectivity index (χ0n) is 11.1. The Morgan fingerprint density at radius 1 is 1.29 bits per heavy atom. The minimum atomic E-state index is 0.711. The van der Waals surface area contributed by atoms with E-state index in [9.17, 15) is 0 Å². The van der Waals surface area contributed by atoms with E-state index < -0.39 is 0 Å². The lowest BCUT2D eigenvalue weighted by atomic mass is 10.1. The normalized spacial score (nSPS) is 10.8. The van der Waals surface area contributed by atoms with Gasteiger partial charge in [0.25, 0.3) is 0 Å². The van der Waals surface area contributed by atoms with Crippen LogP contribution in [0.3, 0.4) is 0 Å². The van der Waals surface area contributed by atoms with Crippen LogP contribution in [0.25, 0.3) is 0 Å². The second kappa shape index (κ2) is 7.17. The van der Waals surface area contributed by atoms with Gasteiger partial charge in [-0.3, -0.25) is 0 Å². The average Bonchev–Trinajstić information content (AvgIpc) is 2.27. The molecule has 0 unspecified atom stereocenters. The fourth-order valence-corrected chi connectivity index (χ4v) is 1.47. The minimum absolute atomic E-state index is 0.711. The average molecular weight is 236 g/mol. The molecule has 0 saturated carbocycles. The Morgan fingerprint density at radius 3 is 2.71 bits per heavy atom. The molecule has 3 nitrogen and oxygen atoms in total. The van der Waals surface area contributed by atoms with Gasteiger partial charge < -0.3 is 15.8 Å². The Hall–Kier alpha value is -1.22. The van der Waals surface area contributed by atoms with Crippen LogP contribution >= 0.6 is 0 Å². The van der Waals surface area contributed by atoms with Crippen LogP contribution < -0.4 is 11.1 Å². The zero-order chi connectivity index (χ0) is 12.7. The van der Waals surface area contributed by atoms with E-state index in [2.05, 4.69) is 25.2 Å². The molecule has 0 atom stereocenters. The summed E-state index contributed by atoms with van der Waals surface area (Å²) in [5, 5.41) is 3.32. The Bertz CT molecular complexity index is 337. The molecule has 0 aromatic heterocycles. The molecule has 1 rings (SSSR count). The van der Waals surface area contributed by atoms with Gasteiger partial charge >= 0.3 is 0 Å². The third-order valence-corrected chi connectivity index (χ3v) is 2.68. The highest BCUT2D eigenvalue weighted by molar-refractivity contribution is 5.56. The number of nitrogens with two attached hydrogens (primary N) is 1. The quantitative estimate of drug-likeness (QED) is 0.565. The maximum atomic E-state index is 5.76. The van der Waals surface area contributed by atoms with Crippen molar-refractivity contribution in [1.29, 1.82) is 0 Å². The number of nitrogen functional groups attached to an aromatic ring is 1. The molecule has 0 aliphatic rings. The summed E-state index contributed by atoms with van der Waals surface area (Å²) >= 11 is 0. The number of hydrogen-bond donors (Lipinski definition) is 2. The number of anilines is 2. The van der Waals surface area contributed by atoms with Gasteiger partial charge in [-0.1, -0.05) is 13.8 Å². The number of nitrogens with one attached hydrogen (secondary N) is 1. The van der Waals surface area contributed by atoms with E-state index in [0.717, 1.165) is 43.1 Å². The molecule has 3 N–H and O–H groups in total. The van der Waals surface area contributed by atoms with Crippen LogP contribution in [0.4, 0.5) is 11.4 Å². The topological polar surface area (TPSA) is 47.3 Å². The summed E-state index contributed by atoms with van der Waals surface area (Å²) in [7, 11) is 0. The van der Waals surface area contributed by atoms with Crippen LogP contribution in [0.15, 0.2) is 18.2 Å². The van der Waals surface area contributed by atoms with E-state index in [4.69, 9.17) is 10.5 Å². The van der Waals surface area contributed by atoms with Crippen LogP contribution in [-0.2, 0) is 4.74 Å². The van der Waals surface area contributed by atoms with Gasteiger partial charge in [0.1, 0.15) is 0 Å². The Morgan fingerprint density at radius 2 is 2.06 bits per heavy atom. The molecular formula is C14H24N2O. The smallest absolute Gasteiger partial charge is 0.0639 e. The summed E-state index contributed by atoms with van der Waals surface area (Å²) in [5.41, 5.74) is 8.80. The third-order valence-electron chi connectivity index (χ3n) is 2.68. The highest BCUT2D eigenvalue weighted by Crippen LogP contribution is 2.16. The Kier molecular flexibility index (Phi) is 5.84. The van der Waals surface area contributed by atoms with Crippen molar-refractivity contribution in [3.05, 3.63) is 23.8 Å². The van der Waals surface area contributed by atoms with Crippen molar-refractivity contribution in [3.8, 4) is 0 Å². The van der Waals surface area contributed by atoms with E-state index in [0.29, 0.717) is 5.92 Å². The second-order valence-electron chi connectivity index (χ2n) is 4.79. The highest BCUT2D eigenvalue weighted by Gasteiger charge is 1.97. The number of hydrogen-bond acceptors (Lipinski definition) is 3. The summed E-state index contributed by atoms with van der Waals surface area (Å²) in [4.78, 5) is 0. The number of benzene rings is 1. The van der Waals surface area contributed by atoms with E-state index in [1.165, 1.54) is 0 Å². The Balaban J connectivity index is 2.16. The maximum Gasteiger partial charge on any atom is 0.0639 e. The molecule has 0 amide bonds. The number of aryl methyl sites for hydroxylation is 1. The van der Waals surface area contributed by atoms with Crippen molar-refractivity contribution in [2.75, 3.05) is 30.8 Å². The van der Waals surface area contributed by atoms with Gasteiger partial charge in [0.05, 0.1) is 6.61 Å². The van der Waals surface area contributed by atoms with Gasteiger partial charge in [-0.25, -0.2) is 0 Å². The fourth-order valence-electron chi connectivity index (χ4n) is 1.47. The largest absolute Gasteiger partial charge is 0.399 e. The van der Waals surface area contributed by atoms with Crippen molar-refractivity contribution < 1.29 is 4.74 Å². The molecule has 1 aromatic rings. The lowest BCUT2D eigenvalue weighted by molar-refractivity contribution is 0.132. The molecule has 1 aromatic carbocycles. The lowest BCUT2D eigenvalue weighted by Crippen LogP contribution is -2.11. The first-order valence-electron chi connectivity index (χ1n) is 6.27. The van der Waals surface area contributed by atoms with Crippen LogP contribution in [0.1, 0.15) is 25.8 Å². The summed E-state index contributed by atoms with van der Waals surface area (Å²) in [6.45, 7) is 8.86. The van der Waals surface area contributed by atoms with Crippen molar-refractivity contribution in [2.45, 2.75) is 27.2 Å². The van der Waals surface area contributed by atoms with Crippen molar-refractivity contribution >= 4 is 11.4 Å². The van der Waals surface area contributed by atoms with Gasteiger partial charge in [-0.05, 0) is 43.0 Å². The Labute approximate surface area is 104 Å². The van der Waals surface area contributed by atoms with Crippen molar-refractivity contribution in [3.63, 3.8) is 0 Å². The molecule has 0 radical (unpaired) electrons. The molecule has 0 aliphatic carbocycles. The van der Waals surface area contributed by atoms with Gasteiger partial charge in [0.2, 0.25) is 0 Å². The third kappa shape index (κ3) is 5.59. The van der Waals surface area contributed by atoms with E-state index in [1.807, 2.05) is 19.1 Å². The summed E-state index contributed by atoms with van der Waals surface area (Å²) in [6.07, 6.45) is 1.13. The SMILES string of the molecule is Cc1cc(NCCOCCC(C)C)ccc1N. The zero-order valence-corrected chi connectivity index (χ0v) is 11.1. The molecular weight excluding hydrogens is 212 g/mol. The standard InChI is InChI=1S/C14H24N2O/c1-11(2)6-8-17-9-7-16-13-4-5-14(15)12(3)10-13/h4-5,10-11,16H,6-9,15H2,1-3H3. The summed E-state index contributed by atoms with van der Waals surface area (Å²) in [6, 6.07) is 5.98. The minimum Gasteiger partial charge on any atom is -0.399 e. The molecule has 17 heavy (non-hydrogen) atoms. The molecule has 3 heteroatoms. The van der Waals surface area contributed by atoms with Crippen LogP contribution in [0, 0.1) is 12.8 Å². The summed E-state index contributed by atoms with van der Waals surface area (Å²) in [5.74, 6) is 0.711. The number of ether oxygens (including phenoxy) is 1. The van der Waals surface area contributed by atoms with Crippen molar-refractivity contribution in [1.82, 2.24) is 0 Å². The van der Waals surface area contributed by atoms with E-state index in [-0.39, 0.29) is 0 Å². The molecule has 0 bridgehead atoms. The van der Waals surface area contributed by atoms with Crippen LogP contribution in [0.2, 0.25) is 0 Å². The van der Waals surface area contributed by atoms with Gasteiger partial charge in [-0.15, -0.1) is 0 Å². The first kappa shape index (κ1) is 13.8.